The van der Waals surface area contributed by atoms with Crippen molar-refractivity contribution < 1.29 is 9.53 Å². The number of hydrogen-bond donors (Lipinski definition) is 0. The number of hydrogen-bond acceptors (Lipinski definition) is 4. The second-order valence-corrected chi connectivity index (χ2v) is 6.71. The highest BCUT2D eigenvalue weighted by molar-refractivity contribution is 6.07. The molecule has 6 heteroatoms. The van der Waals surface area contributed by atoms with Gasteiger partial charge in [-0.1, -0.05) is 24.3 Å². The summed E-state index contributed by atoms with van der Waals surface area (Å²) in [6.45, 7) is 4.35. The van der Waals surface area contributed by atoms with Gasteiger partial charge >= 0.3 is 0 Å². The van der Waals surface area contributed by atoms with E-state index in [-0.39, 0.29) is 5.91 Å². The minimum atomic E-state index is 0.100. The van der Waals surface area contributed by atoms with Crippen LogP contribution in [-0.4, -0.2) is 60.3 Å². The van der Waals surface area contributed by atoms with Crippen LogP contribution < -0.4 is 4.90 Å². The fraction of sp³-hybridized carbons (Fsp3) is 0.333. The predicted octanol–water partition coefficient (Wildman–Crippen LogP) is 2.65. The van der Waals surface area contributed by atoms with Gasteiger partial charge in [0.05, 0.1) is 12.2 Å². The number of benzene rings is 1. The summed E-state index contributed by atoms with van der Waals surface area (Å²) in [4.78, 5) is 21.8. The number of amides is 1. The molecule has 27 heavy (non-hydrogen) atoms. The zero-order chi connectivity index (χ0) is 18.6. The average molecular weight is 364 g/mol. The van der Waals surface area contributed by atoms with E-state index in [9.17, 15) is 4.79 Å². The molecule has 0 atom stereocenters. The van der Waals surface area contributed by atoms with Crippen LogP contribution in [0.3, 0.4) is 0 Å². The highest BCUT2D eigenvalue weighted by atomic mass is 16.5. The lowest BCUT2D eigenvalue weighted by atomic mass is 10.1. The third-order valence-electron chi connectivity index (χ3n) is 5.10. The molecule has 140 valence electrons. The molecule has 0 saturated carbocycles. The quantitative estimate of drug-likeness (QED) is 0.698. The van der Waals surface area contributed by atoms with Crippen LogP contribution in [0.1, 0.15) is 10.4 Å². The molecule has 2 aromatic heterocycles. The molecule has 1 amide bonds. The number of fused-ring (bicyclic) bond motifs is 1. The number of carbonyl (C=O) groups is 1. The van der Waals surface area contributed by atoms with E-state index in [0.29, 0.717) is 19.7 Å². The molecular weight excluding hydrogens is 340 g/mol. The smallest absolute Gasteiger partial charge is 0.256 e. The van der Waals surface area contributed by atoms with Crippen LogP contribution in [0.25, 0.3) is 10.9 Å². The maximum absolute atomic E-state index is 13.2. The molecule has 1 fully saturated rings. The zero-order valence-corrected chi connectivity index (χ0v) is 15.5. The number of carbonyl (C=O) groups excluding carboxylic acids is 1. The topological polar surface area (TPSA) is 50.6 Å². The highest BCUT2D eigenvalue weighted by Gasteiger charge is 2.25. The summed E-state index contributed by atoms with van der Waals surface area (Å²) in [6.07, 6.45) is 3.78. The predicted molar refractivity (Wildman–Crippen MR) is 106 cm³/mol. The number of nitrogens with zero attached hydrogens (tertiary/aromatic N) is 4. The number of para-hydroxylation sites is 1. The van der Waals surface area contributed by atoms with Gasteiger partial charge in [-0.15, -0.1) is 0 Å². The second-order valence-electron chi connectivity index (χ2n) is 6.71. The molecule has 3 heterocycles. The number of pyridine rings is 1. The normalized spacial score (nSPS) is 14.7. The fourth-order valence-corrected chi connectivity index (χ4v) is 3.64. The average Bonchev–Trinajstić information content (AvgIpc) is 3.11. The molecule has 0 spiro atoms. The number of rotatable bonds is 5. The summed E-state index contributed by atoms with van der Waals surface area (Å²) >= 11 is 0. The maximum atomic E-state index is 13.2. The molecule has 1 saturated heterocycles. The Bertz CT molecular complexity index is 914. The van der Waals surface area contributed by atoms with Gasteiger partial charge in [0.15, 0.2) is 0 Å². The maximum Gasteiger partial charge on any atom is 0.256 e. The van der Waals surface area contributed by atoms with E-state index >= 15 is 0 Å². The highest BCUT2D eigenvalue weighted by Crippen LogP contribution is 2.24. The van der Waals surface area contributed by atoms with Gasteiger partial charge in [-0.2, -0.15) is 0 Å². The van der Waals surface area contributed by atoms with E-state index in [1.807, 2.05) is 53.7 Å². The number of methoxy groups -OCH3 is 1. The summed E-state index contributed by atoms with van der Waals surface area (Å²) in [7, 11) is 1.69. The van der Waals surface area contributed by atoms with E-state index in [1.165, 1.54) is 0 Å². The van der Waals surface area contributed by atoms with Gasteiger partial charge in [0.25, 0.3) is 5.91 Å². The van der Waals surface area contributed by atoms with Crippen molar-refractivity contribution in [1.82, 2.24) is 14.5 Å². The Balaban J connectivity index is 1.52. The lowest BCUT2D eigenvalue weighted by Crippen LogP contribution is -2.49. The molecule has 0 aliphatic carbocycles. The molecule has 0 unspecified atom stereocenters. The minimum absolute atomic E-state index is 0.100. The van der Waals surface area contributed by atoms with E-state index in [1.54, 1.807) is 7.11 Å². The fourth-order valence-electron chi connectivity index (χ4n) is 3.64. The minimum Gasteiger partial charge on any atom is -0.383 e. The zero-order valence-electron chi connectivity index (χ0n) is 15.5. The van der Waals surface area contributed by atoms with Crippen LogP contribution in [0.4, 0.5) is 5.82 Å². The van der Waals surface area contributed by atoms with E-state index in [0.717, 1.165) is 41.9 Å². The SMILES string of the molecule is COCCn1cc(C(=O)N2CCN(c3ccccn3)CC2)c2ccccc21. The van der Waals surface area contributed by atoms with Crippen molar-refractivity contribution in [2.24, 2.45) is 0 Å². The Morgan fingerprint density at radius 3 is 2.59 bits per heavy atom. The van der Waals surface area contributed by atoms with Crippen molar-refractivity contribution in [3.8, 4) is 0 Å². The van der Waals surface area contributed by atoms with Gasteiger partial charge in [0.2, 0.25) is 0 Å². The van der Waals surface area contributed by atoms with Gasteiger partial charge in [-0.05, 0) is 18.2 Å². The molecule has 1 aliphatic heterocycles. The van der Waals surface area contributed by atoms with Crippen molar-refractivity contribution in [2.45, 2.75) is 6.54 Å². The summed E-state index contributed by atoms with van der Waals surface area (Å²) in [5, 5.41) is 1.01. The van der Waals surface area contributed by atoms with E-state index < -0.39 is 0 Å². The molecule has 1 aromatic carbocycles. The Hall–Kier alpha value is -2.86. The molecule has 0 bridgehead atoms. The van der Waals surface area contributed by atoms with Crippen LogP contribution in [-0.2, 0) is 11.3 Å². The molecule has 3 aromatic rings. The lowest BCUT2D eigenvalue weighted by Gasteiger charge is -2.35. The summed E-state index contributed by atoms with van der Waals surface area (Å²) in [6, 6.07) is 14.0. The first-order valence-electron chi connectivity index (χ1n) is 9.30. The van der Waals surface area contributed by atoms with Crippen molar-refractivity contribution in [3.05, 3.63) is 60.4 Å². The number of piperazine rings is 1. The van der Waals surface area contributed by atoms with E-state index in [2.05, 4.69) is 20.5 Å². The summed E-state index contributed by atoms with van der Waals surface area (Å²) < 4.78 is 7.31. The van der Waals surface area contributed by atoms with Crippen molar-refractivity contribution in [1.29, 1.82) is 0 Å². The first-order valence-corrected chi connectivity index (χ1v) is 9.30. The number of aromatic nitrogens is 2. The third-order valence-corrected chi connectivity index (χ3v) is 5.10. The standard InChI is InChI=1S/C21H24N4O2/c1-27-15-14-25-16-18(17-6-2-3-7-19(17)25)21(26)24-12-10-23(11-13-24)20-8-4-5-9-22-20/h2-9,16H,10-15H2,1H3. The number of ether oxygens (including phenoxy) is 1. The van der Waals surface area contributed by atoms with Crippen LogP contribution in [0, 0.1) is 0 Å². The Labute approximate surface area is 159 Å². The monoisotopic (exact) mass is 364 g/mol. The summed E-state index contributed by atoms with van der Waals surface area (Å²) in [5.74, 6) is 1.07. The first kappa shape index (κ1) is 17.5. The van der Waals surface area contributed by atoms with Crippen molar-refractivity contribution >= 4 is 22.6 Å². The van der Waals surface area contributed by atoms with Gasteiger partial charge < -0.3 is 19.1 Å². The number of anilines is 1. The molecule has 4 rings (SSSR count). The van der Waals surface area contributed by atoms with Gasteiger partial charge in [0, 0.05) is 63.1 Å². The molecule has 0 radical (unpaired) electrons. The second kappa shape index (κ2) is 7.80. The largest absolute Gasteiger partial charge is 0.383 e. The van der Waals surface area contributed by atoms with Gasteiger partial charge in [0.1, 0.15) is 5.82 Å². The third kappa shape index (κ3) is 3.53. The van der Waals surface area contributed by atoms with Crippen molar-refractivity contribution in [2.75, 3.05) is 44.8 Å². The van der Waals surface area contributed by atoms with Crippen LogP contribution in [0.5, 0.6) is 0 Å². The lowest BCUT2D eigenvalue weighted by molar-refractivity contribution is 0.0748. The molecule has 0 N–H and O–H groups in total. The van der Waals surface area contributed by atoms with Crippen LogP contribution in [0.15, 0.2) is 54.9 Å². The molecule has 1 aliphatic rings. The van der Waals surface area contributed by atoms with Gasteiger partial charge in [-0.3, -0.25) is 4.79 Å². The van der Waals surface area contributed by atoms with Gasteiger partial charge in [-0.25, -0.2) is 4.98 Å². The van der Waals surface area contributed by atoms with Crippen molar-refractivity contribution in [3.63, 3.8) is 0 Å². The van der Waals surface area contributed by atoms with Crippen LogP contribution in [0.2, 0.25) is 0 Å². The summed E-state index contributed by atoms with van der Waals surface area (Å²) in [5.41, 5.74) is 1.85. The van der Waals surface area contributed by atoms with Crippen LogP contribution >= 0.6 is 0 Å². The Kier molecular flexibility index (Phi) is 5.07. The first-order chi connectivity index (χ1) is 13.3. The molecule has 6 nitrogen and oxygen atoms in total. The molecular formula is C21H24N4O2. The van der Waals surface area contributed by atoms with E-state index in [4.69, 9.17) is 4.74 Å². The Morgan fingerprint density at radius 2 is 1.85 bits per heavy atom. The Morgan fingerprint density at radius 1 is 1.07 bits per heavy atom.